The number of anilines is 1. The van der Waals surface area contributed by atoms with Crippen LogP contribution in [0.4, 0.5) is 5.69 Å². The summed E-state index contributed by atoms with van der Waals surface area (Å²) in [6, 6.07) is 15.8. The molecule has 2 aromatic carbocycles. The first-order valence-corrected chi connectivity index (χ1v) is 6.23. The van der Waals surface area contributed by atoms with Gasteiger partial charge in [0.1, 0.15) is 0 Å². The van der Waals surface area contributed by atoms with Crippen LogP contribution in [0.25, 0.3) is 0 Å². The van der Waals surface area contributed by atoms with Crippen molar-refractivity contribution < 1.29 is 0 Å². The van der Waals surface area contributed by atoms with Gasteiger partial charge < -0.3 is 5.32 Å². The summed E-state index contributed by atoms with van der Waals surface area (Å²) in [4.78, 5) is 0. The molecule has 0 unspecified atom stereocenters. The molecule has 0 radical (unpaired) electrons. The first-order chi connectivity index (χ1) is 8.24. The first kappa shape index (κ1) is 12.3. The molecule has 0 aliphatic rings. The second-order valence-corrected chi connectivity index (χ2v) is 4.69. The van der Waals surface area contributed by atoms with Crippen LogP contribution in [-0.2, 0) is 6.42 Å². The number of hydrogen-bond donors (Lipinski definition) is 1. The third-order valence-electron chi connectivity index (χ3n) is 2.45. The molecular formula is C14H13Cl2N. The molecule has 0 spiro atoms. The summed E-state index contributed by atoms with van der Waals surface area (Å²) >= 11 is 11.8. The Morgan fingerprint density at radius 1 is 0.882 bits per heavy atom. The van der Waals surface area contributed by atoms with Gasteiger partial charge in [-0.05, 0) is 30.2 Å². The number of rotatable bonds is 4. The zero-order valence-electron chi connectivity index (χ0n) is 9.29. The van der Waals surface area contributed by atoms with Crippen molar-refractivity contribution in [3.63, 3.8) is 0 Å². The fourth-order valence-corrected chi connectivity index (χ4v) is 2.18. The number of hydrogen-bond acceptors (Lipinski definition) is 1. The molecule has 0 fully saturated rings. The normalized spacial score (nSPS) is 10.2. The van der Waals surface area contributed by atoms with Crippen molar-refractivity contribution in [2.45, 2.75) is 6.42 Å². The van der Waals surface area contributed by atoms with Gasteiger partial charge in [0.25, 0.3) is 0 Å². The second kappa shape index (κ2) is 5.95. The Morgan fingerprint density at radius 3 is 2.18 bits per heavy atom. The van der Waals surface area contributed by atoms with Gasteiger partial charge in [-0.1, -0.05) is 53.5 Å². The van der Waals surface area contributed by atoms with Gasteiger partial charge in [-0.25, -0.2) is 0 Å². The van der Waals surface area contributed by atoms with E-state index in [1.807, 2.05) is 30.3 Å². The van der Waals surface area contributed by atoms with Gasteiger partial charge in [0.15, 0.2) is 0 Å². The third kappa shape index (κ3) is 3.95. The van der Waals surface area contributed by atoms with E-state index >= 15 is 0 Å². The zero-order chi connectivity index (χ0) is 12.1. The predicted molar refractivity (Wildman–Crippen MR) is 75.1 cm³/mol. The summed E-state index contributed by atoms with van der Waals surface area (Å²) in [5, 5.41) is 4.61. The molecule has 0 saturated heterocycles. The Hall–Kier alpha value is -1.18. The molecule has 17 heavy (non-hydrogen) atoms. The van der Waals surface area contributed by atoms with Crippen molar-refractivity contribution in [2.75, 3.05) is 11.9 Å². The predicted octanol–water partition coefficient (Wildman–Crippen LogP) is 4.65. The molecule has 0 amide bonds. The SMILES string of the molecule is Clc1cc(Cl)cc(NCCc2ccccc2)c1. The van der Waals surface area contributed by atoms with Crippen LogP contribution in [0.2, 0.25) is 10.0 Å². The standard InChI is InChI=1S/C14H13Cl2N/c15-12-8-13(16)10-14(9-12)17-7-6-11-4-2-1-3-5-11/h1-5,8-10,17H,6-7H2. The molecule has 2 aromatic rings. The molecule has 0 atom stereocenters. The average Bonchev–Trinajstić information content (AvgIpc) is 2.29. The summed E-state index contributed by atoms with van der Waals surface area (Å²) < 4.78 is 0. The molecule has 1 nitrogen and oxygen atoms in total. The number of halogens is 2. The van der Waals surface area contributed by atoms with Crippen LogP contribution >= 0.6 is 23.2 Å². The average molecular weight is 266 g/mol. The summed E-state index contributed by atoms with van der Waals surface area (Å²) in [5.41, 5.74) is 2.27. The van der Waals surface area contributed by atoms with Crippen LogP contribution in [0.3, 0.4) is 0 Å². The fourth-order valence-electron chi connectivity index (χ4n) is 1.65. The maximum absolute atomic E-state index is 5.92. The smallest absolute Gasteiger partial charge is 0.0441 e. The number of benzene rings is 2. The van der Waals surface area contributed by atoms with E-state index in [1.165, 1.54) is 5.56 Å². The topological polar surface area (TPSA) is 12.0 Å². The van der Waals surface area contributed by atoms with E-state index in [0.29, 0.717) is 10.0 Å². The van der Waals surface area contributed by atoms with E-state index in [-0.39, 0.29) is 0 Å². The van der Waals surface area contributed by atoms with Crippen molar-refractivity contribution >= 4 is 28.9 Å². The zero-order valence-corrected chi connectivity index (χ0v) is 10.8. The Labute approximate surface area is 111 Å². The monoisotopic (exact) mass is 265 g/mol. The highest BCUT2D eigenvalue weighted by atomic mass is 35.5. The molecule has 0 aliphatic carbocycles. The van der Waals surface area contributed by atoms with Crippen molar-refractivity contribution in [3.8, 4) is 0 Å². The van der Waals surface area contributed by atoms with E-state index in [4.69, 9.17) is 23.2 Å². The lowest BCUT2D eigenvalue weighted by atomic mass is 10.1. The van der Waals surface area contributed by atoms with Crippen LogP contribution in [0.15, 0.2) is 48.5 Å². The van der Waals surface area contributed by atoms with Gasteiger partial charge in [-0.15, -0.1) is 0 Å². The molecule has 0 bridgehead atoms. The van der Waals surface area contributed by atoms with Crippen molar-refractivity contribution in [2.24, 2.45) is 0 Å². The molecular weight excluding hydrogens is 253 g/mol. The lowest BCUT2D eigenvalue weighted by Gasteiger charge is -2.07. The highest BCUT2D eigenvalue weighted by molar-refractivity contribution is 6.35. The second-order valence-electron chi connectivity index (χ2n) is 3.82. The number of nitrogens with one attached hydrogen (secondary N) is 1. The highest BCUT2D eigenvalue weighted by Gasteiger charge is 1.97. The summed E-state index contributed by atoms with van der Waals surface area (Å²) in [5.74, 6) is 0. The Bertz CT molecular complexity index is 463. The van der Waals surface area contributed by atoms with E-state index in [1.54, 1.807) is 6.07 Å². The molecule has 1 N–H and O–H groups in total. The Morgan fingerprint density at radius 2 is 1.53 bits per heavy atom. The first-order valence-electron chi connectivity index (χ1n) is 5.48. The maximum atomic E-state index is 5.92. The van der Waals surface area contributed by atoms with E-state index in [0.717, 1.165) is 18.7 Å². The van der Waals surface area contributed by atoms with Crippen LogP contribution in [0.5, 0.6) is 0 Å². The van der Waals surface area contributed by atoms with Crippen LogP contribution < -0.4 is 5.32 Å². The minimum Gasteiger partial charge on any atom is -0.385 e. The quantitative estimate of drug-likeness (QED) is 0.849. The maximum Gasteiger partial charge on any atom is 0.0441 e. The molecule has 0 heterocycles. The van der Waals surface area contributed by atoms with E-state index < -0.39 is 0 Å². The molecule has 0 saturated carbocycles. The minimum absolute atomic E-state index is 0.653. The van der Waals surface area contributed by atoms with Gasteiger partial charge in [0.05, 0.1) is 0 Å². The largest absolute Gasteiger partial charge is 0.385 e. The fraction of sp³-hybridized carbons (Fsp3) is 0.143. The van der Waals surface area contributed by atoms with Crippen molar-refractivity contribution in [1.82, 2.24) is 0 Å². The van der Waals surface area contributed by atoms with Gasteiger partial charge in [-0.2, -0.15) is 0 Å². The summed E-state index contributed by atoms with van der Waals surface area (Å²) in [7, 11) is 0. The van der Waals surface area contributed by atoms with Crippen LogP contribution in [0, 0.1) is 0 Å². The molecule has 88 valence electrons. The summed E-state index contributed by atoms with van der Waals surface area (Å²) in [6.45, 7) is 0.862. The molecule has 3 heteroatoms. The van der Waals surface area contributed by atoms with Crippen LogP contribution in [0.1, 0.15) is 5.56 Å². The van der Waals surface area contributed by atoms with Gasteiger partial charge >= 0.3 is 0 Å². The Kier molecular flexibility index (Phi) is 4.29. The van der Waals surface area contributed by atoms with Gasteiger partial charge in [0.2, 0.25) is 0 Å². The van der Waals surface area contributed by atoms with Gasteiger partial charge in [0, 0.05) is 22.3 Å². The molecule has 2 rings (SSSR count). The van der Waals surface area contributed by atoms with E-state index in [2.05, 4.69) is 17.4 Å². The van der Waals surface area contributed by atoms with Crippen molar-refractivity contribution in [1.29, 1.82) is 0 Å². The van der Waals surface area contributed by atoms with Gasteiger partial charge in [-0.3, -0.25) is 0 Å². The summed E-state index contributed by atoms with van der Waals surface area (Å²) in [6.07, 6.45) is 0.977. The molecule has 0 aromatic heterocycles. The minimum atomic E-state index is 0.653. The highest BCUT2D eigenvalue weighted by Crippen LogP contribution is 2.22. The lowest BCUT2D eigenvalue weighted by molar-refractivity contribution is 1.02. The third-order valence-corrected chi connectivity index (χ3v) is 2.88. The Balaban J connectivity index is 1.90. The van der Waals surface area contributed by atoms with E-state index in [9.17, 15) is 0 Å². The molecule has 0 aliphatic heterocycles. The van der Waals surface area contributed by atoms with Crippen LogP contribution in [-0.4, -0.2) is 6.54 Å². The lowest BCUT2D eigenvalue weighted by Crippen LogP contribution is -2.04. The van der Waals surface area contributed by atoms with Crippen molar-refractivity contribution in [3.05, 3.63) is 64.1 Å².